The van der Waals surface area contributed by atoms with E-state index in [0.717, 1.165) is 6.08 Å². The molecule has 1 aromatic heterocycles. The van der Waals surface area contributed by atoms with Gasteiger partial charge in [-0.25, -0.2) is 4.79 Å². The third-order valence-corrected chi connectivity index (χ3v) is 1.84. The monoisotopic (exact) mass is 278 g/mol. The zero-order chi connectivity index (χ0) is 14.6. The molecule has 0 atom stereocenters. The second-order valence-electron chi connectivity index (χ2n) is 3.38. The Morgan fingerprint density at radius 3 is 2.63 bits per heavy atom. The minimum Gasteiger partial charge on any atom is -0.477 e. The summed E-state index contributed by atoms with van der Waals surface area (Å²) in [7, 11) is 0. The van der Waals surface area contributed by atoms with Crippen LogP contribution in [0.4, 0.5) is 13.2 Å². The largest absolute Gasteiger partial charge is 0.477 e. The van der Waals surface area contributed by atoms with E-state index in [9.17, 15) is 22.8 Å². The second kappa shape index (κ2) is 5.59. The fraction of sp³-hybridized carbons (Fsp3) is 0.273. The predicted octanol–water partition coefficient (Wildman–Crippen LogP) is 2.31. The molecule has 19 heavy (non-hydrogen) atoms. The van der Waals surface area contributed by atoms with E-state index < -0.39 is 35.7 Å². The van der Waals surface area contributed by atoms with E-state index in [-0.39, 0.29) is 5.76 Å². The smallest absolute Gasteiger partial charge is 0.422 e. The molecule has 1 rings (SSSR count). The van der Waals surface area contributed by atoms with Crippen LogP contribution in [0.2, 0.25) is 0 Å². The van der Waals surface area contributed by atoms with Crippen LogP contribution < -0.4 is 10.2 Å². The number of alkyl halides is 3. The molecule has 0 aliphatic rings. The summed E-state index contributed by atoms with van der Waals surface area (Å²) in [6.45, 7) is -0.157. The molecular formula is C11H9F3O5. The molecule has 0 saturated heterocycles. The van der Waals surface area contributed by atoms with Crippen LogP contribution in [0.3, 0.4) is 0 Å². The second-order valence-corrected chi connectivity index (χ2v) is 3.38. The molecule has 0 radical (unpaired) electrons. The average molecular weight is 278 g/mol. The normalized spacial score (nSPS) is 11.8. The molecule has 8 heteroatoms. The molecule has 0 unspecified atom stereocenters. The molecular weight excluding hydrogens is 269 g/mol. The maximum Gasteiger partial charge on any atom is 0.422 e. The highest BCUT2D eigenvalue weighted by Crippen LogP contribution is 2.21. The summed E-state index contributed by atoms with van der Waals surface area (Å²) < 4.78 is 45.2. The number of aromatic carboxylic acids is 1. The highest BCUT2D eigenvalue weighted by atomic mass is 19.4. The van der Waals surface area contributed by atoms with E-state index in [1.54, 1.807) is 0 Å². The van der Waals surface area contributed by atoms with Gasteiger partial charge < -0.3 is 14.3 Å². The zero-order valence-corrected chi connectivity index (χ0v) is 9.65. The van der Waals surface area contributed by atoms with E-state index in [1.165, 1.54) is 13.0 Å². The first kappa shape index (κ1) is 14.8. The first-order valence-corrected chi connectivity index (χ1v) is 4.98. The van der Waals surface area contributed by atoms with Crippen LogP contribution in [0.25, 0.3) is 6.08 Å². The van der Waals surface area contributed by atoms with Crippen molar-refractivity contribution in [2.45, 2.75) is 13.1 Å². The lowest BCUT2D eigenvalue weighted by Gasteiger charge is -2.10. The predicted molar refractivity (Wildman–Crippen MR) is 58.2 cm³/mol. The van der Waals surface area contributed by atoms with Gasteiger partial charge in [0.2, 0.25) is 16.9 Å². The number of hydrogen-bond donors (Lipinski definition) is 1. The number of halogens is 3. The molecule has 1 heterocycles. The van der Waals surface area contributed by atoms with Crippen molar-refractivity contribution < 1.29 is 32.2 Å². The number of carbonyl (C=O) groups is 1. The van der Waals surface area contributed by atoms with Crippen molar-refractivity contribution in [2.75, 3.05) is 6.61 Å². The fourth-order valence-corrected chi connectivity index (χ4v) is 1.16. The van der Waals surface area contributed by atoms with Crippen LogP contribution >= 0.6 is 0 Å². The quantitative estimate of drug-likeness (QED) is 0.914. The molecule has 104 valence electrons. The summed E-state index contributed by atoms with van der Waals surface area (Å²) in [4.78, 5) is 22.2. The van der Waals surface area contributed by atoms with Gasteiger partial charge in [0.25, 0.3) is 0 Å². The third-order valence-electron chi connectivity index (χ3n) is 1.84. The standard InChI is InChI=1S/C11H9F3O5/c1-2-3-7-9(18-5-11(12,13)14)6(15)4-8(19-7)10(16)17/h2-4H,5H2,1H3,(H,16,17)/b3-2+. The highest BCUT2D eigenvalue weighted by Gasteiger charge is 2.30. The van der Waals surface area contributed by atoms with Gasteiger partial charge in [0.15, 0.2) is 12.4 Å². The van der Waals surface area contributed by atoms with Gasteiger partial charge in [-0.3, -0.25) is 4.79 Å². The Bertz CT molecular complexity index is 556. The van der Waals surface area contributed by atoms with Crippen LogP contribution in [0, 0.1) is 0 Å². The highest BCUT2D eigenvalue weighted by molar-refractivity contribution is 5.84. The lowest BCUT2D eigenvalue weighted by molar-refractivity contribution is -0.153. The first-order valence-electron chi connectivity index (χ1n) is 4.98. The Hall–Kier alpha value is -2.25. The van der Waals surface area contributed by atoms with E-state index in [0.29, 0.717) is 6.07 Å². The Balaban J connectivity index is 3.22. The lowest BCUT2D eigenvalue weighted by atomic mass is 10.3. The molecule has 0 amide bonds. The number of hydrogen-bond acceptors (Lipinski definition) is 4. The van der Waals surface area contributed by atoms with Gasteiger partial charge in [-0.15, -0.1) is 0 Å². The summed E-state index contributed by atoms with van der Waals surface area (Å²) in [5, 5.41) is 8.67. The maximum atomic E-state index is 12.0. The van der Waals surface area contributed by atoms with Crippen molar-refractivity contribution in [3.05, 3.63) is 33.9 Å². The van der Waals surface area contributed by atoms with Crippen LogP contribution in [0.1, 0.15) is 23.2 Å². The summed E-state index contributed by atoms with van der Waals surface area (Å²) >= 11 is 0. The van der Waals surface area contributed by atoms with Crippen molar-refractivity contribution in [3.63, 3.8) is 0 Å². The molecule has 1 N–H and O–H groups in total. The van der Waals surface area contributed by atoms with Crippen LogP contribution in [0.15, 0.2) is 21.4 Å². The van der Waals surface area contributed by atoms with Crippen molar-refractivity contribution in [1.82, 2.24) is 0 Å². The zero-order valence-electron chi connectivity index (χ0n) is 9.65. The van der Waals surface area contributed by atoms with Crippen LogP contribution in [0.5, 0.6) is 5.75 Å². The third kappa shape index (κ3) is 4.16. The summed E-state index contributed by atoms with van der Waals surface area (Å²) in [5.41, 5.74) is -0.999. The van der Waals surface area contributed by atoms with Crippen LogP contribution in [-0.4, -0.2) is 23.9 Å². The summed E-state index contributed by atoms with van der Waals surface area (Å²) in [6, 6.07) is 0.557. The minimum atomic E-state index is -4.62. The van der Waals surface area contributed by atoms with Crippen molar-refractivity contribution >= 4 is 12.0 Å². The molecule has 1 aromatic rings. The molecule has 5 nitrogen and oxygen atoms in total. The minimum absolute atomic E-state index is 0.378. The van der Waals surface area contributed by atoms with E-state index in [1.807, 2.05) is 0 Å². The van der Waals surface area contributed by atoms with Gasteiger partial charge in [-0.1, -0.05) is 6.08 Å². The van der Waals surface area contributed by atoms with Crippen molar-refractivity contribution in [3.8, 4) is 5.75 Å². The Kier molecular flexibility index (Phi) is 4.36. The fourth-order valence-electron chi connectivity index (χ4n) is 1.16. The molecule has 0 aromatic carbocycles. The number of allylic oxidation sites excluding steroid dienone is 1. The van der Waals surface area contributed by atoms with E-state index in [2.05, 4.69) is 4.74 Å². The Morgan fingerprint density at radius 1 is 1.53 bits per heavy atom. The number of ether oxygens (including phenoxy) is 1. The number of carboxylic acids is 1. The van der Waals surface area contributed by atoms with Gasteiger partial charge >= 0.3 is 12.1 Å². The van der Waals surface area contributed by atoms with Crippen molar-refractivity contribution in [1.29, 1.82) is 0 Å². The summed E-state index contributed by atoms with van der Waals surface area (Å²) in [6.07, 6.45) is -2.12. The van der Waals surface area contributed by atoms with Gasteiger partial charge in [0, 0.05) is 6.07 Å². The Labute approximate surface area is 104 Å². The maximum absolute atomic E-state index is 12.0. The molecule has 0 aliphatic heterocycles. The molecule has 0 aliphatic carbocycles. The lowest BCUT2D eigenvalue weighted by Crippen LogP contribution is -2.22. The first-order chi connectivity index (χ1) is 8.74. The van der Waals surface area contributed by atoms with Gasteiger partial charge in [0.1, 0.15) is 0 Å². The van der Waals surface area contributed by atoms with Gasteiger partial charge in [0.05, 0.1) is 0 Å². The average Bonchev–Trinajstić information content (AvgIpc) is 2.26. The van der Waals surface area contributed by atoms with E-state index in [4.69, 9.17) is 9.52 Å². The topological polar surface area (TPSA) is 76.7 Å². The molecule has 0 bridgehead atoms. The Morgan fingerprint density at radius 2 is 2.16 bits per heavy atom. The van der Waals surface area contributed by atoms with E-state index >= 15 is 0 Å². The van der Waals surface area contributed by atoms with Gasteiger partial charge in [-0.05, 0) is 13.0 Å². The molecule has 0 fully saturated rings. The molecule has 0 spiro atoms. The number of carboxylic acid groups (broad SMARTS) is 1. The van der Waals surface area contributed by atoms with Crippen LogP contribution in [-0.2, 0) is 0 Å². The summed E-state index contributed by atoms with van der Waals surface area (Å²) in [5.74, 6) is -3.25. The van der Waals surface area contributed by atoms with Crippen molar-refractivity contribution in [2.24, 2.45) is 0 Å². The SMILES string of the molecule is C/C=C/c1oc(C(=O)O)cc(=O)c1OCC(F)(F)F. The van der Waals surface area contributed by atoms with Gasteiger partial charge in [-0.2, -0.15) is 13.2 Å². The number of rotatable bonds is 4. The molecule has 0 saturated carbocycles.